The van der Waals surface area contributed by atoms with Gasteiger partial charge in [0, 0.05) is 65.1 Å². The van der Waals surface area contributed by atoms with E-state index in [0.717, 1.165) is 29.1 Å². The molecule has 234 valence electrons. The fourth-order valence-corrected chi connectivity index (χ4v) is 5.77. The number of carboxylic acids is 1. The number of carbonyl (C=O) groups excluding carboxylic acids is 3. The summed E-state index contributed by atoms with van der Waals surface area (Å²) in [4.78, 5) is 58.0. The summed E-state index contributed by atoms with van der Waals surface area (Å²) in [5.74, 6) is -3.74. The van der Waals surface area contributed by atoms with Crippen molar-refractivity contribution >= 4 is 56.7 Å². The number of carbonyl (C=O) groups is 4. The summed E-state index contributed by atoms with van der Waals surface area (Å²) >= 11 is 0. The number of rotatable bonds is 4. The van der Waals surface area contributed by atoms with E-state index < -0.39 is 24.0 Å². The van der Waals surface area contributed by atoms with Gasteiger partial charge in [-0.2, -0.15) is 13.2 Å². The zero-order valence-corrected chi connectivity index (χ0v) is 23.8. The number of furan rings is 1. The Hall–Kier alpha value is -5.79. The van der Waals surface area contributed by atoms with Crippen molar-refractivity contribution in [3.05, 3.63) is 96.4 Å². The highest BCUT2D eigenvalue weighted by atomic mass is 19.4. The van der Waals surface area contributed by atoms with Gasteiger partial charge in [0.05, 0.1) is 23.6 Å². The minimum absolute atomic E-state index is 0.119. The molecule has 0 saturated carbocycles. The number of carboxylic acid groups (broad SMARTS) is 1. The largest absolute Gasteiger partial charge is 0.490 e. The average Bonchev–Trinajstić information content (AvgIpc) is 3.73. The van der Waals surface area contributed by atoms with Gasteiger partial charge in [0.2, 0.25) is 0 Å². The summed E-state index contributed by atoms with van der Waals surface area (Å²) in [6.07, 6.45) is 4.48. The molecule has 0 atom stereocenters. The molecule has 7 rings (SSSR count). The number of aliphatic carboxylic acids is 1. The van der Waals surface area contributed by atoms with E-state index >= 15 is 0 Å². The van der Waals surface area contributed by atoms with Gasteiger partial charge in [-0.05, 0) is 25.0 Å². The summed E-state index contributed by atoms with van der Waals surface area (Å²) in [6, 6.07) is 15.5. The van der Waals surface area contributed by atoms with Crippen molar-refractivity contribution in [2.24, 2.45) is 0 Å². The zero-order chi connectivity index (χ0) is 32.6. The van der Waals surface area contributed by atoms with Gasteiger partial charge in [-0.3, -0.25) is 24.7 Å². The normalized spacial score (nSPS) is 15.7. The van der Waals surface area contributed by atoms with Gasteiger partial charge in [0.25, 0.3) is 17.7 Å². The first-order valence-corrected chi connectivity index (χ1v) is 14.1. The Balaban J connectivity index is 0.000000480. The number of amides is 3. The molecule has 11 nitrogen and oxygen atoms in total. The number of fused-ring (bicyclic) bond motifs is 2. The van der Waals surface area contributed by atoms with Crippen LogP contribution in [0.25, 0.3) is 33.0 Å². The highest BCUT2D eigenvalue weighted by Crippen LogP contribution is 2.40. The summed E-state index contributed by atoms with van der Waals surface area (Å²) in [5, 5.41) is 11.3. The lowest BCUT2D eigenvalue weighted by molar-refractivity contribution is -0.192. The fourth-order valence-electron chi connectivity index (χ4n) is 5.77. The molecule has 0 bridgehead atoms. The molecular weight excluding hydrogens is 607 g/mol. The number of halogens is 3. The minimum Gasteiger partial charge on any atom is -0.475 e. The van der Waals surface area contributed by atoms with Crippen LogP contribution in [0.3, 0.4) is 0 Å². The maximum absolute atomic E-state index is 13.2. The van der Waals surface area contributed by atoms with Crippen molar-refractivity contribution in [1.82, 2.24) is 24.8 Å². The van der Waals surface area contributed by atoms with Crippen molar-refractivity contribution in [1.29, 1.82) is 0 Å². The Bertz CT molecular complexity index is 2020. The van der Waals surface area contributed by atoms with Gasteiger partial charge in [0.1, 0.15) is 11.3 Å². The van der Waals surface area contributed by atoms with Crippen LogP contribution in [0.4, 0.5) is 13.2 Å². The first-order chi connectivity index (χ1) is 22.0. The number of benzene rings is 2. The molecule has 0 unspecified atom stereocenters. The van der Waals surface area contributed by atoms with Crippen molar-refractivity contribution in [2.45, 2.75) is 25.1 Å². The quantitative estimate of drug-likeness (QED) is 0.268. The first-order valence-electron chi connectivity index (χ1n) is 14.1. The third-order valence-corrected chi connectivity index (χ3v) is 7.86. The van der Waals surface area contributed by atoms with Crippen LogP contribution in [-0.2, 0) is 14.4 Å². The molecular formula is C32H24F3N5O6. The van der Waals surface area contributed by atoms with Crippen LogP contribution in [-0.4, -0.2) is 67.5 Å². The minimum atomic E-state index is -5.08. The van der Waals surface area contributed by atoms with Crippen LogP contribution in [0.1, 0.15) is 40.5 Å². The Morgan fingerprint density at radius 1 is 0.913 bits per heavy atom. The third-order valence-electron chi connectivity index (χ3n) is 7.86. The van der Waals surface area contributed by atoms with Gasteiger partial charge in [-0.15, -0.1) is 0 Å². The van der Waals surface area contributed by atoms with Gasteiger partial charge in [-0.1, -0.05) is 36.4 Å². The highest BCUT2D eigenvalue weighted by molar-refractivity contribution is 6.50. The Morgan fingerprint density at radius 3 is 2.20 bits per heavy atom. The second-order valence-corrected chi connectivity index (χ2v) is 10.6. The molecule has 3 aromatic heterocycles. The molecule has 3 amide bonds. The number of likely N-dealkylation sites (tertiary alicyclic amines) is 1. The SMILES string of the molecule is O=C(O)C(F)(F)F.O=C1NC(=O)C(c2cn(C3CCN(C(=O)c4cnccn4)CC3)c3ccccc23)=C1c1coc2ccccc12. The molecule has 2 aromatic carbocycles. The second kappa shape index (κ2) is 12.0. The number of piperidine rings is 1. The number of aromatic nitrogens is 3. The first kappa shape index (κ1) is 30.2. The van der Waals surface area contributed by atoms with Crippen molar-refractivity contribution in [3.63, 3.8) is 0 Å². The number of imide groups is 1. The molecule has 0 aliphatic carbocycles. The van der Waals surface area contributed by atoms with Crippen LogP contribution in [0.5, 0.6) is 0 Å². The second-order valence-electron chi connectivity index (χ2n) is 10.6. The Labute approximate surface area is 257 Å². The van der Waals surface area contributed by atoms with E-state index in [9.17, 15) is 27.6 Å². The van der Waals surface area contributed by atoms with Crippen LogP contribution in [0, 0.1) is 0 Å². The van der Waals surface area contributed by atoms with Gasteiger partial charge in [0.15, 0.2) is 0 Å². The Morgan fingerprint density at radius 2 is 1.54 bits per heavy atom. The molecule has 1 fully saturated rings. The van der Waals surface area contributed by atoms with E-state index in [1.165, 1.54) is 12.4 Å². The lowest BCUT2D eigenvalue weighted by atomic mass is 9.95. The lowest BCUT2D eigenvalue weighted by Crippen LogP contribution is -2.39. The van der Waals surface area contributed by atoms with Gasteiger partial charge in [-0.25, -0.2) is 9.78 Å². The van der Waals surface area contributed by atoms with Gasteiger partial charge >= 0.3 is 12.1 Å². The van der Waals surface area contributed by atoms with E-state index in [0.29, 0.717) is 46.6 Å². The van der Waals surface area contributed by atoms with Crippen molar-refractivity contribution < 1.29 is 41.9 Å². The summed E-state index contributed by atoms with van der Waals surface area (Å²) in [5.41, 5.74) is 3.92. The third kappa shape index (κ3) is 5.60. The van der Waals surface area contributed by atoms with Crippen molar-refractivity contribution in [2.75, 3.05) is 13.1 Å². The highest BCUT2D eigenvalue weighted by Gasteiger charge is 2.38. The number of hydrogen-bond donors (Lipinski definition) is 2. The molecule has 0 radical (unpaired) electrons. The zero-order valence-electron chi connectivity index (χ0n) is 23.8. The predicted molar refractivity (Wildman–Crippen MR) is 158 cm³/mol. The lowest BCUT2D eigenvalue weighted by Gasteiger charge is -2.33. The maximum atomic E-state index is 13.2. The fraction of sp³-hybridized carbons (Fsp3) is 0.188. The molecule has 5 heterocycles. The molecule has 2 N–H and O–H groups in total. The molecule has 1 saturated heterocycles. The molecule has 14 heteroatoms. The number of alkyl halides is 3. The summed E-state index contributed by atoms with van der Waals surface area (Å²) in [6.45, 7) is 1.16. The monoisotopic (exact) mass is 631 g/mol. The van der Waals surface area contributed by atoms with Gasteiger partial charge < -0.3 is 19.0 Å². The van der Waals surface area contributed by atoms with Crippen LogP contribution in [0.15, 0.2) is 84.0 Å². The van der Waals surface area contributed by atoms with Crippen LogP contribution in [0.2, 0.25) is 0 Å². The van der Waals surface area contributed by atoms with E-state index in [1.54, 1.807) is 17.4 Å². The molecule has 2 aliphatic rings. The standard InChI is InChI=1S/C30H23N5O4.C2HF3O2/c36-28-26(27(29(37)33-28)22-17-39-25-8-4-2-6-20(22)25)21-16-35(24-7-3-1-5-19(21)24)18-9-13-34(14-10-18)30(38)23-15-31-11-12-32-23;3-2(4,5)1(6)7/h1-8,11-12,15-18H,9-10,13-14H2,(H,33,36,37);(H,6,7). The van der Waals surface area contributed by atoms with E-state index in [-0.39, 0.29) is 11.9 Å². The van der Waals surface area contributed by atoms with E-state index in [2.05, 4.69) is 19.9 Å². The predicted octanol–water partition coefficient (Wildman–Crippen LogP) is 4.86. The van der Waals surface area contributed by atoms with E-state index in [4.69, 9.17) is 14.3 Å². The smallest absolute Gasteiger partial charge is 0.475 e. The molecule has 0 spiro atoms. The van der Waals surface area contributed by atoms with Crippen LogP contribution < -0.4 is 5.32 Å². The van der Waals surface area contributed by atoms with Crippen molar-refractivity contribution in [3.8, 4) is 0 Å². The number of nitrogens with one attached hydrogen (secondary N) is 1. The Kier molecular flexibility index (Phi) is 7.86. The number of para-hydroxylation sites is 2. The van der Waals surface area contributed by atoms with E-state index in [1.807, 2.05) is 54.7 Å². The summed E-state index contributed by atoms with van der Waals surface area (Å²) < 4.78 is 39.6. The molecule has 46 heavy (non-hydrogen) atoms. The van der Waals surface area contributed by atoms with Crippen LogP contribution >= 0.6 is 0 Å². The molecule has 5 aromatic rings. The number of nitrogens with zero attached hydrogens (tertiary/aromatic N) is 4. The number of hydrogen-bond acceptors (Lipinski definition) is 7. The topological polar surface area (TPSA) is 148 Å². The average molecular weight is 632 g/mol. The maximum Gasteiger partial charge on any atom is 0.490 e. The summed E-state index contributed by atoms with van der Waals surface area (Å²) in [7, 11) is 0. The molecule has 2 aliphatic heterocycles.